The summed E-state index contributed by atoms with van der Waals surface area (Å²) in [6, 6.07) is 3.28. The standard InChI is InChI=1S/C12H16Cl2N2O/c1-6-4-5-9(13)11(10(6)14)16-12(17)7(2)8(3)15/h4-5,7-8H,15H2,1-3H3,(H,16,17). The number of hydrogen-bond acceptors (Lipinski definition) is 2. The fourth-order valence-electron chi connectivity index (χ4n) is 1.25. The van der Waals surface area contributed by atoms with Crippen LogP contribution in [0.2, 0.25) is 10.0 Å². The molecule has 0 aliphatic carbocycles. The first-order valence-corrected chi connectivity index (χ1v) is 6.11. The van der Waals surface area contributed by atoms with Crippen molar-refractivity contribution in [1.29, 1.82) is 0 Å². The number of rotatable bonds is 3. The van der Waals surface area contributed by atoms with E-state index in [1.54, 1.807) is 26.0 Å². The Morgan fingerprint density at radius 3 is 2.47 bits per heavy atom. The van der Waals surface area contributed by atoms with Crippen LogP contribution < -0.4 is 11.1 Å². The van der Waals surface area contributed by atoms with Crippen molar-refractivity contribution in [3.8, 4) is 0 Å². The first kappa shape index (κ1) is 14.3. The number of benzene rings is 1. The van der Waals surface area contributed by atoms with Crippen molar-refractivity contribution in [2.45, 2.75) is 26.8 Å². The van der Waals surface area contributed by atoms with E-state index in [1.807, 2.05) is 6.92 Å². The maximum absolute atomic E-state index is 11.9. The topological polar surface area (TPSA) is 55.1 Å². The predicted octanol–water partition coefficient (Wildman–Crippen LogP) is 3.22. The molecular weight excluding hydrogens is 259 g/mol. The molecule has 5 heteroatoms. The Bertz CT molecular complexity index is 433. The van der Waals surface area contributed by atoms with Gasteiger partial charge >= 0.3 is 0 Å². The molecule has 1 rings (SSSR count). The third kappa shape index (κ3) is 3.35. The molecule has 1 amide bonds. The second-order valence-corrected chi connectivity index (χ2v) is 4.98. The van der Waals surface area contributed by atoms with Gasteiger partial charge in [-0.2, -0.15) is 0 Å². The molecule has 0 fully saturated rings. The molecule has 0 saturated carbocycles. The maximum atomic E-state index is 11.9. The summed E-state index contributed by atoms with van der Waals surface area (Å²) in [5.41, 5.74) is 6.98. The van der Waals surface area contributed by atoms with Crippen molar-refractivity contribution in [2.75, 3.05) is 5.32 Å². The summed E-state index contributed by atoms with van der Waals surface area (Å²) in [7, 11) is 0. The molecule has 0 radical (unpaired) electrons. The van der Waals surface area contributed by atoms with Crippen molar-refractivity contribution < 1.29 is 4.79 Å². The van der Waals surface area contributed by atoms with Crippen molar-refractivity contribution in [2.24, 2.45) is 11.7 Å². The van der Waals surface area contributed by atoms with Crippen molar-refractivity contribution >= 4 is 34.8 Å². The maximum Gasteiger partial charge on any atom is 0.228 e. The Morgan fingerprint density at radius 1 is 1.35 bits per heavy atom. The van der Waals surface area contributed by atoms with Crippen LogP contribution in [0.5, 0.6) is 0 Å². The fraction of sp³-hybridized carbons (Fsp3) is 0.417. The van der Waals surface area contributed by atoms with Gasteiger partial charge in [0.1, 0.15) is 0 Å². The third-order valence-electron chi connectivity index (χ3n) is 2.73. The first-order chi connectivity index (χ1) is 7.84. The highest BCUT2D eigenvalue weighted by molar-refractivity contribution is 6.40. The predicted molar refractivity (Wildman–Crippen MR) is 72.6 cm³/mol. The van der Waals surface area contributed by atoms with Gasteiger partial charge in [0.15, 0.2) is 0 Å². The molecule has 0 bridgehead atoms. The minimum absolute atomic E-state index is 0.186. The number of halogens is 2. The number of nitrogens with two attached hydrogens (primary N) is 1. The summed E-state index contributed by atoms with van der Waals surface area (Å²) >= 11 is 12.1. The summed E-state index contributed by atoms with van der Waals surface area (Å²) in [4.78, 5) is 11.9. The summed E-state index contributed by atoms with van der Waals surface area (Å²) in [6.07, 6.45) is 0. The van der Waals surface area contributed by atoms with Gasteiger partial charge in [-0.25, -0.2) is 0 Å². The molecule has 3 N–H and O–H groups in total. The molecule has 0 aliphatic rings. The van der Waals surface area contributed by atoms with E-state index in [0.29, 0.717) is 15.7 Å². The van der Waals surface area contributed by atoms with Crippen LogP contribution in [0.4, 0.5) is 5.69 Å². The second-order valence-electron chi connectivity index (χ2n) is 4.19. The molecule has 1 aromatic carbocycles. The normalized spacial score (nSPS) is 14.2. The van der Waals surface area contributed by atoms with E-state index in [1.165, 1.54) is 0 Å². The molecule has 3 nitrogen and oxygen atoms in total. The van der Waals surface area contributed by atoms with E-state index in [4.69, 9.17) is 28.9 Å². The van der Waals surface area contributed by atoms with Gasteiger partial charge in [0, 0.05) is 6.04 Å². The summed E-state index contributed by atoms with van der Waals surface area (Å²) < 4.78 is 0. The van der Waals surface area contributed by atoms with E-state index >= 15 is 0 Å². The number of aryl methyl sites for hydroxylation is 1. The average Bonchev–Trinajstić information content (AvgIpc) is 2.28. The van der Waals surface area contributed by atoms with Gasteiger partial charge in [-0.15, -0.1) is 0 Å². The molecule has 0 heterocycles. The zero-order chi connectivity index (χ0) is 13.2. The molecule has 17 heavy (non-hydrogen) atoms. The molecular formula is C12H16Cl2N2O. The Labute approximate surface area is 111 Å². The quantitative estimate of drug-likeness (QED) is 0.889. The number of hydrogen-bond donors (Lipinski definition) is 2. The van der Waals surface area contributed by atoms with Gasteiger partial charge in [-0.3, -0.25) is 4.79 Å². The molecule has 2 unspecified atom stereocenters. The van der Waals surface area contributed by atoms with Gasteiger partial charge in [0.05, 0.1) is 21.7 Å². The summed E-state index contributed by atoms with van der Waals surface area (Å²) in [5, 5.41) is 3.60. The Hall–Kier alpha value is -0.770. The molecule has 0 spiro atoms. The lowest BCUT2D eigenvalue weighted by Crippen LogP contribution is -2.34. The zero-order valence-electron chi connectivity index (χ0n) is 10.1. The largest absolute Gasteiger partial charge is 0.327 e. The second kappa shape index (κ2) is 5.71. The van der Waals surface area contributed by atoms with Crippen molar-refractivity contribution in [3.63, 3.8) is 0 Å². The molecule has 94 valence electrons. The lowest BCUT2D eigenvalue weighted by atomic mass is 10.0. The van der Waals surface area contributed by atoms with Crippen LogP contribution in [0.1, 0.15) is 19.4 Å². The minimum Gasteiger partial charge on any atom is -0.327 e. The van der Waals surface area contributed by atoms with Crippen LogP contribution in [0.25, 0.3) is 0 Å². The smallest absolute Gasteiger partial charge is 0.228 e. The molecule has 1 aromatic rings. The van der Waals surface area contributed by atoms with E-state index < -0.39 is 0 Å². The van der Waals surface area contributed by atoms with Crippen LogP contribution in [-0.4, -0.2) is 11.9 Å². The summed E-state index contributed by atoms with van der Waals surface area (Å²) in [6.45, 7) is 5.39. The molecule has 0 aliphatic heterocycles. The van der Waals surface area contributed by atoms with Crippen LogP contribution in [0.15, 0.2) is 12.1 Å². The van der Waals surface area contributed by atoms with Gasteiger partial charge in [-0.1, -0.05) is 36.2 Å². The Kier molecular flexibility index (Phi) is 4.80. The monoisotopic (exact) mass is 274 g/mol. The number of carbonyl (C=O) groups excluding carboxylic acids is 1. The van der Waals surface area contributed by atoms with E-state index in [2.05, 4.69) is 5.32 Å². The van der Waals surface area contributed by atoms with E-state index in [9.17, 15) is 4.79 Å². The molecule has 2 atom stereocenters. The van der Waals surface area contributed by atoms with E-state index in [-0.39, 0.29) is 17.9 Å². The van der Waals surface area contributed by atoms with Crippen LogP contribution in [0, 0.1) is 12.8 Å². The van der Waals surface area contributed by atoms with Crippen LogP contribution >= 0.6 is 23.2 Å². The van der Waals surface area contributed by atoms with Gasteiger partial charge in [0.25, 0.3) is 0 Å². The van der Waals surface area contributed by atoms with E-state index in [0.717, 1.165) is 5.56 Å². The van der Waals surface area contributed by atoms with Crippen molar-refractivity contribution in [3.05, 3.63) is 27.7 Å². The Morgan fingerprint density at radius 2 is 1.94 bits per heavy atom. The third-order valence-corrected chi connectivity index (χ3v) is 3.54. The fourth-order valence-corrected chi connectivity index (χ4v) is 1.71. The minimum atomic E-state index is -0.303. The first-order valence-electron chi connectivity index (χ1n) is 5.35. The van der Waals surface area contributed by atoms with Crippen LogP contribution in [-0.2, 0) is 4.79 Å². The number of anilines is 1. The lowest BCUT2D eigenvalue weighted by molar-refractivity contribution is -0.119. The van der Waals surface area contributed by atoms with Gasteiger partial charge in [-0.05, 0) is 25.5 Å². The number of carbonyl (C=O) groups is 1. The average molecular weight is 275 g/mol. The van der Waals surface area contributed by atoms with Gasteiger partial charge in [0.2, 0.25) is 5.91 Å². The van der Waals surface area contributed by atoms with Gasteiger partial charge < -0.3 is 11.1 Å². The SMILES string of the molecule is Cc1ccc(Cl)c(NC(=O)C(C)C(C)N)c1Cl. The molecule has 0 aromatic heterocycles. The zero-order valence-corrected chi connectivity index (χ0v) is 11.6. The summed E-state index contributed by atoms with van der Waals surface area (Å²) in [5.74, 6) is -0.489. The molecule has 0 saturated heterocycles. The number of nitrogens with one attached hydrogen (secondary N) is 1. The Balaban J connectivity index is 2.96. The highest BCUT2D eigenvalue weighted by Gasteiger charge is 2.19. The van der Waals surface area contributed by atoms with Crippen molar-refractivity contribution in [1.82, 2.24) is 0 Å². The lowest BCUT2D eigenvalue weighted by Gasteiger charge is -2.17. The number of amides is 1. The van der Waals surface area contributed by atoms with Crippen LogP contribution in [0.3, 0.4) is 0 Å². The highest BCUT2D eigenvalue weighted by atomic mass is 35.5. The highest BCUT2D eigenvalue weighted by Crippen LogP contribution is 2.33.